The summed E-state index contributed by atoms with van der Waals surface area (Å²) in [7, 11) is -16.7. The van der Waals surface area contributed by atoms with Crippen molar-refractivity contribution in [3.8, 4) is 24.2 Å². The van der Waals surface area contributed by atoms with Crippen LogP contribution in [-0.4, -0.2) is 53.0 Å². The molecule has 0 aliphatic carbocycles. The lowest BCUT2D eigenvalue weighted by Crippen LogP contribution is -2.29. The molecule has 1 aliphatic heterocycles. The number of nitrogens with zero attached hydrogens (tertiary/aromatic N) is 2. The zero-order chi connectivity index (χ0) is 27.1. The van der Waals surface area contributed by atoms with Gasteiger partial charge in [-0.2, -0.15) is 13.6 Å². The second-order valence-electron chi connectivity index (χ2n) is 7.26. The number of phosphoric ester groups is 1. The van der Waals surface area contributed by atoms with Crippen LogP contribution in [-0.2, 0) is 31.6 Å². The molecule has 0 radical (unpaired) electrons. The lowest BCUT2D eigenvalue weighted by Gasteiger charge is -2.19. The molecule has 1 aromatic heterocycles. The van der Waals surface area contributed by atoms with Gasteiger partial charge in [-0.15, -0.1) is 12.3 Å². The average Bonchev–Trinajstić information content (AvgIpc) is 3.08. The minimum atomic E-state index is -5.70. The smallest absolute Gasteiger partial charge is 0.390 e. The normalized spacial score (nSPS) is 23.2. The fourth-order valence-electron chi connectivity index (χ4n) is 2.89. The first kappa shape index (κ1) is 30.4. The first-order valence-corrected chi connectivity index (χ1v) is 14.6. The van der Waals surface area contributed by atoms with Gasteiger partial charge < -0.3 is 35.2 Å². The fourth-order valence-corrected chi connectivity index (χ4v) is 5.92. The number of ether oxygens (including phenoxy) is 1. The Labute approximate surface area is 204 Å². The van der Waals surface area contributed by atoms with Crippen LogP contribution in [0.2, 0.25) is 0 Å². The van der Waals surface area contributed by atoms with Gasteiger partial charge in [-0.1, -0.05) is 11.8 Å². The SMILES string of the molecule is C#CCCCCC#Cc1cn(C2CC(O)C(COP(=O)(O)OP(=O)(O)OP(=O)(O)O)O2)c(=O)nc1N. The second kappa shape index (κ2) is 12.6. The summed E-state index contributed by atoms with van der Waals surface area (Å²) in [6.07, 6.45) is 5.23. The first-order chi connectivity index (χ1) is 16.6. The van der Waals surface area contributed by atoms with Crippen molar-refractivity contribution in [1.29, 1.82) is 0 Å². The number of aliphatic hydroxyl groups is 1. The van der Waals surface area contributed by atoms with Crippen molar-refractivity contribution >= 4 is 29.3 Å². The van der Waals surface area contributed by atoms with Crippen LogP contribution in [0.1, 0.15) is 43.9 Å². The third kappa shape index (κ3) is 9.88. The van der Waals surface area contributed by atoms with Crippen LogP contribution in [0.3, 0.4) is 0 Å². The van der Waals surface area contributed by atoms with E-state index in [-0.39, 0.29) is 17.8 Å². The molecular formula is C17H24N3O13P3. The van der Waals surface area contributed by atoms with Gasteiger partial charge in [0.05, 0.1) is 18.3 Å². The maximum atomic E-state index is 12.3. The molecule has 1 fully saturated rings. The average molecular weight is 571 g/mol. The summed E-state index contributed by atoms with van der Waals surface area (Å²) in [6.45, 7) is -0.886. The van der Waals surface area contributed by atoms with Gasteiger partial charge in [-0.3, -0.25) is 9.09 Å². The lowest BCUT2D eigenvalue weighted by atomic mass is 10.2. The van der Waals surface area contributed by atoms with Crippen molar-refractivity contribution in [3.63, 3.8) is 0 Å². The van der Waals surface area contributed by atoms with Crippen LogP contribution < -0.4 is 11.4 Å². The van der Waals surface area contributed by atoms with Gasteiger partial charge in [0.1, 0.15) is 18.1 Å². The molecule has 0 spiro atoms. The van der Waals surface area contributed by atoms with E-state index in [0.29, 0.717) is 12.8 Å². The Morgan fingerprint density at radius 1 is 1.17 bits per heavy atom. The highest BCUT2D eigenvalue weighted by atomic mass is 31.3. The van der Waals surface area contributed by atoms with E-state index in [1.54, 1.807) is 0 Å². The van der Waals surface area contributed by atoms with E-state index < -0.39 is 54.2 Å². The predicted molar refractivity (Wildman–Crippen MR) is 121 cm³/mol. The quantitative estimate of drug-likeness (QED) is 0.119. The summed E-state index contributed by atoms with van der Waals surface area (Å²) < 4.78 is 52.0. The van der Waals surface area contributed by atoms with Gasteiger partial charge >= 0.3 is 29.2 Å². The Morgan fingerprint density at radius 2 is 1.83 bits per heavy atom. The Hall–Kier alpha value is -1.87. The van der Waals surface area contributed by atoms with Crippen molar-refractivity contribution in [1.82, 2.24) is 9.55 Å². The topological polar surface area (TPSA) is 250 Å². The maximum Gasteiger partial charge on any atom is 0.490 e. The van der Waals surface area contributed by atoms with Crippen LogP contribution >= 0.6 is 23.5 Å². The van der Waals surface area contributed by atoms with Crippen LogP contribution in [0.15, 0.2) is 11.0 Å². The van der Waals surface area contributed by atoms with E-state index >= 15 is 0 Å². The zero-order valence-corrected chi connectivity index (χ0v) is 21.1. The number of anilines is 1. The molecule has 5 unspecified atom stereocenters. The van der Waals surface area contributed by atoms with Crippen LogP contribution in [0.5, 0.6) is 0 Å². The van der Waals surface area contributed by atoms with Crippen LogP contribution in [0.4, 0.5) is 5.82 Å². The van der Waals surface area contributed by atoms with Gasteiger partial charge in [-0.25, -0.2) is 18.5 Å². The molecule has 200 valence electrons. The van der Waals surface area contributed by atoms with Gasteiger partial charge in [0.2, 0.25) is 0 Å². The number of hydrogen-bond donors (Lipinski definition) is 6. The van der Waals surface area contributed by atoms with E-state index in [0.717, 1.165) is 17.4 Å². The lowest BCUT2D eigenvalue weighted by molar-refractivity contribution is -0.0449. The largest absolute Gasteiger partial charge is 0.490 e. The van der Waals surface area contributed by atoms with Gasteiger partial charge in [-0.05, 0) is 12.8 Å². The van der Waals surface area contributed by atoms with E-state index in [2.05, 4.69) is 35.9 Å². The fraction of sp³-hybridized carbons (Fsp3) is 0.529. The summed E-state index contributed by atoms with van der Waals surface area (Å²) in [5, 5.41) is 10.2. The second-order valence-corrected chi connectivity index (χ2v) is 11.7. The summed E-state index contributed by atoms with van der Waals surface area (Å²) in [5.74, 6) is 8.08. The molecule has 16 nitrogen and oxygen atoms in total. The Balaban J connectivity index is 2.05. The molecule has 5 atom stereocenters. The molecule has 0 saturated carbocycles. The Kier molecular flexibility index (Phi) is 10.6. The third-order valence-electron chi connectivity index (χ3n) is 4.41. The highest BCUT2D eigenvalue weighted by Gasteiger charge is 2.43. The minimum absolute atomic E-state index is 0.116. The maximum absolute atomic E-state index is 12.3. The van der Waals surface area contributed by atoms with E-state index in [1.807, 2.05) is 0 Å². The van der Waals surface area contributed by atoms with E-state index in [1.165, 1.54) is 6.20 Å². The minimum Gasteiger partial charge on any atom is -0.390 e. The van der Waals surface area contributed by atoms with Crippen molar-refractivity contribution in [2.45, 2.75) is 50.5 Å². The highest BCUT2D eigenvalue weighted by Crippen LogP contribution is 2.66. The van der Waals surface area contributed by atoms with Crippen molar-refractivity contribution in [2.75, 3.05) is 12.3 Å². The third-order valence-corrected chi connectivity index (χ3v) is 8.21. The van der Waals surface area contributed by atoms with Gasteiger partial charge in [0.15, 0.2) is 0 Å². The number of hydrogen-bond acceptors (Lipinski definition) is 11. The highest BCUT2D eigenvalue weighted by molar-refractivity contribution is 7.66. The van der Waals surface area contributed by atoms with E-state index in [9.17, 15) is 28.5 Å². The number of aromatic nitrogens is 2. The summed E-state index contributed by atoms with van der Waals surface area (Å²) >= 11 is 0. The Morgan fingerprint density at radius 3 is 2.47 bits per heavy atom. The molecule has 2 rings (SSSR count). The predicted octanol–water partition coefficient (Wildman–Crippen LogP) is 0.362. The van der Waals surface area contributed by atoms with E-state index in [4.69, 9.17) is 31.6 Å². The summed E-state index contributed by atoms with van der Waals surface area (Å²) in [4.78, 5) is 51.7. The molecule has 1 aliphatic rings. The zero-order valence-electron chi connectivity index (χ0n) is 18.4. The van der Waals surface area contributed by atoms with Crippen LogP contribution in [0, 0.1) is 24.2 Å². The first-order valence-electron chi connectivity index (χ1n) is 10.1. The standard InChI is InChI=1S/C17H24N3O13P3/c1-2-3-4-5-6-7-8-12-10-20(17(22)19-16(12)18)15-9-13(21)14(31-15)11-30-35(26,27)33-36(28,29)32-34(23,24)25/h1,10,13-15,21H,3-6,9,11H2,(H,26,27)(H,28,29)(H2,18,19,22)(H2,23,24,25). The summed E-state index contributed by atoms with van der Waals surface area (Å²) in [5.41, 5.74) is 5.15. The molecule has 7 N–H and O–H groups in total. The molecule has 1 aromatic rings. The number of nitrogens with two attached hydrogens (primary N) is 1. The van der Waals surface area contributed by atoms with Crippen LogP contribution in [0.25, 0.3) is 0 Å². The number of terminal acetylenes is 1. The molecule has 2 heterocycles. The number of phosphoric acid groups is 3. The molecule has 19 heteroatoms. The van der Waals surface area contributed by atoms with Gasteiger partial charge in [0, 0.05) is 25.5 Å². The molecule has 1 saturated heterocycles. The van der Waals surface area contributed by atoms with Crippen molar-refractivity contribution < 1.29 is 56.3 Å². The number of rotatable bonds is 11. The number of unbranched alkanes of at least 4 members (excludes halogenated alkanes) is 3. The molecule has 0 amide bonds. The number of aliphatic hydroxyl groups excluding tert-OH is 1. The van der Waals surface area contributed by atoms with Gasteiger partial charge in [0.25, 0.3) is 0 Å². The Bertz CT molecular complexity index is 1240. The van der Waals surface area contributed by atoms with Crippen molar-refractivity contribution in [2.24, 2.45) is 0 Å². The number of nitrogen functional groups attached to an aromatic ring is 1. The monoisotopic (exact) mass is 571 g/mol. The summed E-state index contributed by atoms with van der Waals surface area (Å²) in [6, 6.07) is 0. The molecular weight excluding hydrogens is 547 g/mol. The molecule has 0 bridgehead atoms. The molecule has 0 aromatic carbocycles. The molecule has 36 heavy (non-hydrogen) atoms. The van der Waals surface area contributed by atoms with Crippen molar-refractivity contribution in [3.05, 3.63) is 22.2 Å².